The Labute approximate surface area is 270 Å². The van der Waals surface area contributed by atoms with Crippen molar-refractivity contribution in [3.05, 3.63) is 178 Å². The van der Waals surface area contributed by atoms with Crippen LogP contribution < -0.4 is 0 Å². The number of phenols is 4. The molecule has 6 aromatic rings. The van der Waals surface area contributed by atoms with Crippen LogP contribution in [0.4, 0.5) is 0 Å². The molecule has 0 fully saturated rings. The molecule has 46 heavy (non-hydrogen) atoms. The van der Waals surface area contributed by atoms with Crippen LogP contribution in [-0.2, 0) is 10.8 Å². The molecule has 0 aromatic heterocycles. The topological polar surface area (TPSA) is 80.9 Å². The van der Waals surface area contributed by atoms with Crippen molar-refractivity contribution >= 4 is 0 Å². The molecule has 0 bridgehead atoms. The summed E-state index contributed by atoms with van der Waals surface area (Å²) >= 11 is 0. The number of hydrogen-bond acceptors (Lipinski definition) is 4. The molecule has 0 aliphatic heterocycles. The maximum Gasteiger partial charge on any atom is 0.118 e. The van der Waals surface area contributed by atoms with Crippen molar-refractivity contribution in [3.8, 4) is 34.1 Å². The molecular formula is C42H38O4. The number of aryl methyl sites for hydroxylation is 2. The van der Waals surface area contributed by atoms with Crippen LogP contribution in [0.25, 0.3) is 11.1 Å². The second-order valence-electron chi connectivity index (χ2n) is 12.6. The molecule has 4 heteroatoms. The third-order valence-electron chi connectivity index (χ3n) is 9.39. The summed E-state index contributed by atoms with van der Waals surface area (Å²) in [6, 6.07) is 43.3. The Balaban J connectivity index is 0.000000187. The zero-order chi connectivity index (χ0) is 32.6. The minimum Gasteiger partial charge on any atom is -0.508 e. The summed E-state index contributed by atoms with van der Waals surface area (Å²) in [5.41, 5.74) is 10.4. The molecule has 1 aliphatic rings. The Hall–Kier alpha value is -5.48. The normalized spacial score (nSPS) is 12.9. The average Bonchev–Trinajstić information content (AvgIpc) is 3.36. The summed E-state index contributed by atoms with van der Waals surface area (Å²) in [5.74, 6) is 1.14. The molecule has 0 saturated heterocycles. The summed E-state index contributed by atoms with van der Waals surface area (Å²) in [6.45, 7) is 8.10. The van der Waals surface area contributed by atoms with E-state index < -0.39 is 5.41 Å². The van der Waals surface area contributed by atoms with Crippen molar-refractivity contribution in [2.75, 3.05) is 0 Å². The van der Waals surface area contributed by atoms with Gasteiger partial charge in [-0.25, -0.2) is 0 Å². The summed E-state index contributed by atoms with van der Waals surface area (Å²) in [5, 5.41) is 39.0. The molecule has 230 valence electrons. The van der Waals surface area contributed by atoms with E-state index in [9.17, 15) is 20.4 Å². The lowest BCUT2D eigenvalue weighted by Gasteiger charge is -2.34. The molecule has 7 rings (SSSR count). The van der Waals surface area contributed by atoms with Gasteiger partial charge in [0.25, 0.3) is 0 Å². The zero-order valence-electron chi connectivity index (χ0n) is 26.5. The second-order valence-corrected chi connectivity index (χ2v) is 12.6. The number of fused-ring (bicyclic) bond motifs is 3. The Morgan fingerprint density at radius 2 is 0.826 bits per heavy atom. The van der Waals surface area contributed by atoms with E-state index in [1.165, 1.54) is 22.3 Å². The van der Waals surface area contributed by atoms with Crippen LogP contribution in [0.5, 0.6) is 23.0 Å². The molecule has 0 heterocycles. The lowest BCUT2D eigenvalue weighted by molar-refractivity contribution is 0.470. The fourth-order valence-electron chi connectivity index (χ4n) is 6.72. The predicted octanol–water partition coefficient (Wildman–Crippen LogP) is 9.50. The van der Waals surface area contributed by atoms with Gasteiger partial charge >= 0.3 is 0 Å². The van der Waals surface area contributed by atoms with E-state index in [4.69, 9.17) is 0 Å². The van der Waals surface area contributed by atoms with E-state index in [1.54, 1.807) is 36.4 Å². The van der Waals surface area contributed by atoms with Gasteiger partial charge in [-0.2, -0.15) is 0 Å². The second kappa shape index (κ2) is 11.8. The van der Waals surface area contributed by atoms with Gasteiger partial charge in [0, 0.05) is 5.41 Å². The number of aromatic hydroxyl groups is 4. The lowest BCUT2D eigenvalue weighted by atomic mass is 9.67. The predicted molar refractivity (Wildman–Crippen MR) is 185 cm³/mol. The summed E-state index contributed by atoms with van der Waals surface area (Å²) in [4.78, 5) is 0. The van der Waals surface area contributed by atoms with Crippen LogP contribution in [0.1, 0.15) is 58.4 Å². The zero-order valence-corrected chi connectivity index (χ0v) is 26.5. The summed E-state index contributed by atoms with van der Waals surface area (Å²) in [6.07, 6.45) is 0. The SMILES string of the molecule is CC(C)(c1ccc(O)cc1)c1ccc(O)cc1.Cc1cc(C2(c3ccc(O)c(C)c3)c3ccccc3-c3ccccc32)ccc1O. The Morgan fingerprint density at radius 3 is 1.20 bits per heavy atom. The van der Waals surface area contributed by atoms with Gasteiger partial charge in [0.15, 0.2) is 0 Å². The molecular weight excluding hydrogens is 568 g/mol. The molecule has 0 spiro atoms. The summed E-state index contributed by atoms with van der Waals surface area (Å²) < 4.78 is 0. The fraction of sp³-hybridized carbons (Fsp3) is 0.143. The largest absolute Gasteiger partial charge is 0.508 e. The minimum atomic E-state index is -0.510. The highest BCUT2D eigenvalue weighted by atomic mass is 16.3. The van der Waals surface area contributed by atoms with E-state index in [1.807, 2.05) is 50.2 Å². The third-order valence-corrected chi connectivity index (χ3v) is 9.39. The van der Waals surface area contributed by atoms with Crippen molar-refractivity contribution in [1.29, 1.82) is 0 Å². The highest BCUT2D eigenvalue weighted by molar-refractivity contribution is 5.86. The maximum absolute atomic E-state index is 10.2. The van der Waals surface area contributed by atoms with E-state index in [0.29, 0.717) is 11.5 Å². The number of hydrogen-bond donors (Lipinski definition) is 4. The van der Waals surface area contributed by atoms with E-state index in [0.717, 1.165) is 33.4 Å². The molecule has 1 aliphatic carbocycles. The monoisotopic (exact) mass is 606 g/mol. The van der Waals surface area contributed by atoms with Gasteiger partial charge in [-0.05, 0) is 106 Å². The van der Waals surface area contributed by atoms with Gasteiger partial charge in [-0.1, -0.05) is 111 Å². The van der Waals surface area contributed by atoms with Gasteiger partial charge in [0.05, 0.1) is 5.41 Å². The standard InChI is InChI=1S/C27H22O2.C15H16O2/c1-17-15-19(11-13-25(17)28)27(20-12-14-26(29)18(2)16-20)23-9-5-3-7-21(23)22-8-4-6-10-24(22)27;1-15(2,11-3-7-13(16)8-4-11)12-5-9-14(17)10-6-12/h3-16,28-29H,1-2H3;3-10,16-17H,1-2H3. The van der Waals surface area contributed by atoms with Crippen molar-refractivity contribution in [2.45, 2.75) is 38.5 Å². The molecule has 0 atom stereocenters. The maximum atomic E-state index is 10.2. The molecule has 4 nitrogen and oxygen atoms in total. The van der Waals surface area contributed by atoms with E-state index >= 15 is 0 Å². The highest BCUT2D eigenvalue weighted by Crippen LogP contribution is 2.56. The van der Waals surface area contributed by atoms with E-state index in [-0.39, 0.29) is 16.9 Å². The van der Waals surface area contributed by atoms with Crippen LogP contribution in [0, 0.1) is 13.8 Å². The van der Waals surface area contributed by atoms with Crippen molar-refractivity contribution in [3.63, 3.8) is 0 Å². The van der Waals surface area contributed by atoms with Crippen molar-refractivity contribution in [2.24, 2.45) is 0 Å². The van der Waals surface area contributed by atoms with Crippen molar-refractivity contribution < 1.29 is 20.4 Å². The van der Waals surface area contributed by atoms with Gasteiger partial charge in [0.1, 0.15) is 23.0 Å². The molecule has 0 unspecified atom stereocenters. The van der Waals surface area contributed by atoms with Crippen LogP contribution in [0.3, 0.4) is 0 Å². The Morgan fingerprint density at radius 1 is 0.457 bits per heavy atom. The molecule has 4 N–H and O–H groups in total. The van der Waals surface area contributed by atoms with Gasteiger partial charge in [0.2, 0.25) is 0 Å². The Bertz CT molecular complexity index is 1880. The molecule has 0 radical (unpaired) electrons. The number of rotatable bonds is 4. The van der Waals surface area contributed by atoms with Gasteiger partial charge < -0.3 is 20.4 Å². The highest BCUT2D eigenvalue weighted by Gasteiger charge is 2.46. The fourth-order valence-corrected chi connectivity index (χ4v) is 6.72. The van der Waals surface area contributed by atoms with Crippen LogP contribution >= 0.6 is 0 Å². The van der Waals surface area contributed by atoms with Gasteiger partial charge in [-0.15, -0.1) is 0 Å². The number of phenolic OH excluding ortho intramolecular Hbond substituents is 4. The first-order valence-corrected chi connectivity index (χ1v) is 15.4. The third kappa shape index (κ3) is 5.16. The van der Waals surface area contributed by atoms with Crippen LogP contribution in [-0.4, -0.2) is 20.4 Å². The first-order valence-electron chi connectivity index (χ1n) is 15.4. The first kappa shape index (κ1) is 30.5. The van der Waals surface area contributed by atoms with E-state index in [2.05, 4.69) is 74.5 Å². The molecule has 6 aromatic carbocycles. The lowest BCUT2D eigenvalue weighted by Crippen LogP contribution is -2.28. The quantitative estimate of drug-likeness (QED) is 0.161. The van der Waals surface area contributed by atoms with Crippen LogP contribution in [0.2, 0.25) is 0 Å². The smallest absolute Gasteiger partial charge is 0.118 e. The average molecular weight is 607 g/mol. The van der Waals surface area contributed by atoms with Crippen LogP contribution in [0.15, 0.2) is 133 Å². The van der Waals surface area contributed by atoms with Gasteiger partial charge in [-0.3, -0.25) is 0 Å². The Kier molecular flexibility index (Phi) is 7.83. The molecule has 0 saturated carbocycles. The summed E-state index contributed by atoms with van der Waals surface area (Å²) in [7, 11) is 0. The minimum absolute atomic E-state index is 0.151. The molecule has 0 amide bonds. The first-order chi connectivity index (χ1) is 22.0. The van der Waals surface area contributed by atoms with Crippen molar-refractivity contribution in [1.82, 2.24) is 0 Å². The number of benzene rings is 6.